The molecule has 2 saturated heterocycles. The van der Waals surface area contributed by atoms with E-state index < -0.39 is 44.3 Å². The molecule has 2 aromatic rings. The highest BCUT2D eigenvalue weighted by molar-refractivity contribution is 6.74. The predicted octanol–water partition coefficient (Wildman–Crippen LogP) is 4.75. The van der Waals surface area contributed by atoms with Crippen LogP contribution in [0.3, 0.4) is 0 Å². The fourth-order valence-electron chi connectivity index (χ4n) is 4.55. The van der Waals surface area contributed by atoms with Gasteiger partial charge in [0.25, 0.3) is 5.91 Å². The molecule has 2 aliphatic heterocycles. The van der Waals surface area contributed by atoms with Crippen molar-refractivity contribution in [1.82, 2.24) is 5.32 Å². The smallest absolute Gasteiger partial charge is 0.338 e. The molecule has 0 aliphatic carbocycles. The van der Waals surface area contributed by atoms with Crippen LogP contribution in [0.15, 0.2) is 73.3 Å². The van der Waals surface area contributed by atoms with E-state index in [1.807, 2.05) is 24.3 Å². The molecule has 2 aliphatic rings. The average Bonchev–Trinajstić information content (AvgIpc) is 3.37. The first kappa shape index (κ1) is 27.3. The third-order valence-electron chi connectivity index (χ3n) is 7.69. The van der Waals surface area contributed by atoms with E-state index in [2.05, 4.69) is 45.8 Å². The molecule has 2 fully saturated rings. The van der Waals surface area contributed by atoms with Gasteiger partial charge < -0.3 is 24.0 Å². The molecule has 198 valence electrons. The predicted molar refractivity (Wildman–Crippen MR) is 144 cm³/mol. The molecular formula is C29H37NO6Si. The first-order chi connectivity index (χ1) is 17.5. The van der Waals surface area contributed by atoms with Gasteiger partial charge in [-0.15, -0.1) is 0 Å². The van der Waals surface area contributed by atoms with Crippen LogP contribution in [0, 0.1) is 0 Å². The summed E-state index contributed by atoms with van der Waals surface area (Å²) < 4.78 is 25.7. The van der Waals surface area contributed by atoms with Crippen LogP contribution in [-0.4, -0.2) is 63.4 Å². The quantitative estimate of drug-likeness (QED) is 0.290. The van der Waals surface area contributed by atoms with E-state index in [1.54, 1.807) is 42.5 Å². The maximum absolute atomic E-state index is 13.0. The van der Waals surface area contributed by atoms with Gasteiger partial charge in [0.15, 0.2) is 20.0 Å². The molecule has 5 atom stereocenters. The van der Waals surface area contributed by atoms with Gasteiger partial charge in [-0.25, -0.2) is 4.79 Å². The molecule has 2 heterocycles. The molecule has 8 heteroatoms. The molecule has 4 rings (SSSR count). The van der Waals surface area contributed by atoms with Gasteiger partial charge in [0.05, 0.1) is 12.2 Å². The number of fused-ring (bicyclic) bond motifs is 2. The number of hydrogen-bond acceptors (Lipinski definition) is 6. The minimum absolute atomic E-state index is 0.0579. The van der Waals surface area contributed by atoms with Crippen LogP contribution >= 0.6 is 0 Å². The number of carbonyl (C=O) groups excluding carboxylic acids is 2. The van der Waals surface area contributed by atoms with Crippen molar-refractivity contribution in [1.29, 1.82) is 0 Å². The lowest BCUT2D eigenvalue weighted by Gasteiger charge is -2.42. The van der Waals surface area contributed by atoms with Gasteiger partial charge in [0, 0.05) is 12.1 Å². The van der Waals surface area contributed by atoms with E-state index >= 15 is 0 Å². The van der Waals surface area contributed by atoms with Gasteiger partial charge in [0.1, 0.15) is 18.3 Å². The number of amides is 1. The topological polar surface area (TPSA) is 83.1 Å². The second kappa shape index (κ2) is 10.5. The Bertz CT molecular complexity index is 1120. The number of benzene rings is 2. The van der Waals surface area contributed by atoms with Crippen LogP contribution in [-0.2, 0) is 18.6 Å². The fourth-order valence-corrected chi connectivity index (χ4v) is 5.87. The maximum atomic E-state index is 13.0. The Morgan fingerprint density at radius 2 is 1.70 bits per heavy atom. The lowest BCUT2D eigenvalue weighted by Crippen LogP contribution is -2.57. The first-order valence-corrected chi connectivity index (χ1v) is 15.6. The second-order valence-electron chi connectivity index (χ2n) is 11.2. The molecule has 0 aromatic heterocycles. The molecule has 2 bridgehead atoms. The van der Waals surface area contributed by atoms with E-state index in [0.717, 1.165) is 0 Å². The van der Waals surface area contributed by atoms with Gasteiger partial charge in [0.2, 0.25) is 0 Å². The Morgan fingerprint density at radius 3 is 2.27 bits per heavy atom. The number of ether oxygens (including phenoxy) is 3. The zero-order valence-electron chi connectivity index (χ0n) is 22.2. The Labute approximate surface area is 220 Å². The molecule has 1 unspecified atom stereocenters. The molecular weight excluding hydrogens is 486 g/mol. The van der Waals surface area contributed by atoms with Crippen molar-refractivity contribution in [2.24, 2.45) is 0 Å². The van der Waals surface area contributed by atoms with Crippen LogP contribution in [0.2, 0.25) is 18.1 Å². The molecule has 0 saturated carbocycles. The van der Waals surface area contributed by atoms with E-state index in [0.29, 0.717) is 11.1 Å². The van der Waals surface area contributed by atoms with Gasteiger partial charge in [-0.2, -0.15) is 0 Å². The van der Waals surface area contributed by atoms with Crippen molar-refractivity contribution in [2.45, 2.75) is 68.9 Å². The Balaban J connectivity index is 1.59. The highest BCUT2D eigenvalue weighted by Crippen LogP contribution is 2.49. The minimum atomic E-state index is -2.27. The van der Waals surface area contributed by atoms with E-state index in [-0.39, 0.29) is 24.1 Å². The van der Waals surface area contributed by atoms with Gasteiger partial charge >= 0.3 is 5.97 Å². The van der Waals surface area contributed by atoms with Crippen LogP contribution < -0.4 is 5.32 Å². The molecule has 37 heavy (non-hydrogen) atoms. The van der Waals surface area contributed by atoms with Crippen LogP contribution in [0.1, 0.15) is 41.5 Å². The zero-order valence-corrected chi connectivity index (χ0v) is 23.2. The number of rotatable bonds is 9. The summed E-state index contributed by atoms with van der Waals surface area (Å²) in [7, 11) is -2.27. The molecule has 1 N–H and O–H groups in total. The summed E-state index contributed by atoms with van der Waals surface area (Å²) in [6.45, 7) is 15.2. The van der Waals surface area contributed by atoms with Crippen LogP contribution in [0.4, 0.5) is 0 Å². The summed E-state index contributed by atoms with van der Waals surface area (Å²) in [5.41, 5.74) is -0.0713. The van der Waals surface area contributed by atoms with Crippen molar-refractivity contribution < 1.29 is 28.2 Å². The van der Waals surface area contributed by atoms with Crippen molar-refractivity contribution >= 4 is 20.2 Å². The minimum Gasteiger partial charge on any atom is -0.451 e. The van der Waals surface area contributed by atoms with Crippen molar-refractivity contribution in [3.63, 3.8) is 0 Å². The first-order valence-electron chi connectivity index (χ1n) is 12.7. The standard InChI is InChI=1S/C29H37NO6Si/c1-7-23(34-27(32)21-16-12-9-13-17-21)29-19-33-24(25(29)36-37(5,6)28(2,3)4)22(35-29)18-30-26(31)20-14-10-8-11-15-20/h7-17,22-25H,1,18-19H2,2-6H3,(H,30,31)/t22?,23-,24-,25-,29+/m0/s1. The summed E-state index contributed by atoms with van der Waals surface area (Å²) in [6, 6.07) is 17.8. The van der Waals surface area contributed by atoms with E-state index in [1.165, 1.54) is 0 Å². The summed E-state index contributed by atoms with van der Waals surface area (Å²) in [4.78, 5) is 25.7. The molecule has 2 aromatic carbocycles. The number of hydrogen-bond donors (Lipinski definition) is 1. The number of esters is 1. The third kappa shape index (κ3) is 5.43. The third-order valence-corrected chi connectivity index (χ3v) is 12.1. The van der Waals surface area contributed by atoms with Crippen LogP contribution in [0.5, 0.6) is 0 Å². The fraction of sp³-hybridized carbons (Fsp3) is 0.448. The van der Waals surface area contributed by atoms with Crippen LogP contribution in [0.25, 0.3) is 0 Å². The largest absolute Gasteiger partial charge is 0.451 e. The van der Waals surface area contributed by atoms with E-state index in [9.17, 15) is 9.59 Å². The van der Waals surface area contributed by atoms with Crippen molar-refractivity contribution in [3.05, 3.63) is 84.4 Å². The normalized spacial score (nSPS) is 25.9. The van der Waals surface area contributed by atoms with Crippen molar-refractivity contribution in [3.8, 4) is 0 Å². The second-order valence-corrected chi connectivity index (χ2v) is 15.9. The van der Waals surface area contributed by atoms with Gasteiger partial charge in [-0.1, -0.05) is 63.7 Å². The average molecular weight is 524 g/mol. The van der Waals surface area contributed by atoms with Gasteiger partial charge in [-0.3, -0.25) is 4.79 Å². The Morgan fingerprint density at radius 1 is 1.11 bits per heavy atom. The Kier molecular flexibility index (Phi) is 7.76. The highest BCUT2D eigenvalue weighted by Gasteiger charge is 2.67. The lowest BCUT2D eigenvalue weighted by atomic mass is 9.92. The summed E-state index contributed by atoms with van der Waals surface area (Å²) in [5.74, 6) is -0.669. The van der Waals surface area contributed by atoms with Gasteiger partial charge in [-0.05, 0) is 48.5 Å². The Hall–Kier alpha value is -2.78. The monoisotopic (exact) mass is 523 g/mol. The number of carbonyl (C=O) groups is 2. The molecule has 0 spiro atoms. The molecule has 7 nitrogen and oxygen atoms in total. The van der Waals surface area contributed by atoms with Crippen molar-refractivity contribution in [2.75, 3.05) is 13.2 Å². The maximum Gasteiger partial charge on any atom is 0.338 e. The highest BCUT2D eigenvalue weighted by atomic mass is 28.4. The summed E-state index contributed by atoms with van der Waals surface area (Å²) in [5, 5.41) is 2.90. The summed E-state index contributed by atoms with van der Waals surface area (Å²) in [6.07, 6.45) is -0.620. The molecule has 0 radical (unpaired) electrons. The van der Waals surface area contributed by atoms with E-state index in [4.69, 9.17) is 18.6 Å². The SMILES string of the molecule is C=C[C@H](OC(=O)c1ccccc1)[C@@]12CO[C@@H](C(CNC(=O)c3ccccc3)O1)[C@@H]2O[Si](C)(C)C(C)(C)C. The number of nitrogens with one attached hydrogen (secondary N) is 1. The molecule has 1 amide bonds. The zero-order chi connectivity index (χ0) is 26.8. The lowest BCUT2D eigenvalue weighted by molar-refractivity contribution is -0.175. The summed E-state index contributed by atoms with van der Waals surface area (Å²) >= 11 is 0.